The Morgan fingerprint density at radius 2 is 2.14 bits per heavy atom. The lowest BCUT2D eigenvalue weighted by atomic mass is 10.1. The molecule has 0 radical (unpaired) electrons. The molecule has 1 saturated heterocycles. The summed E-state index contributed by atoms with van der Waals surface area (Å²) in [6.07, 6.45) is 4.44. The van der Waals surface area contributed by atoms with Crippen LogP contribution in [0.25, 0.3) is 0 Å². The maximum atomic E-state index is 12.4. The molecule has 0 N–H and O–H groups in total. The van der Waals surface area contributed by atoms with Gasteiger partial charge in [0.15, 0.2) is 0 Å². The van der Waals surface area contributed by atoms with Crippen LogP contribution in [0.2, 0.25) is 0 Å². The second-order valence-corrected chi connectivity index (χ2v) is 5.95. The summed E-state index contributed by atoms with van der Waals surface area (Å²) in [7, 11) is 0. The van der Waals surface area contributed by atoms with Gasteiger partial charge in [-0.05, 0) is 31.0 Å². The van der Waals surface area contributed by atoms with E-state index in [0.29, 0.717) is 30.1 Å². The maximum Gasteiger partial charge on any atom is 0.254 e. The Labute approximate surface area is 128 Å². The second kappa shape index (κ2) is 4.95. The molecular formula is C16H15N5O. The van der Waals surface area contributed by atoms with Gasteiger partial charge in [0.2, 0.25) is 0 Å². The van der Waals surface area contributed by atoms with Gasteiger partial charge >= 0.3 is 0 Å². The van der Waals surface area contributed by atoms with E-state index in [2.05, 4.69) is 16.4 Å². The minimum atomic E-state index is -0.0316. The molecule has 1 aliphatic carbocycles. The van der Waals surface area contributed by atoms with Crippen LogP contribution in [-0.4, -0.2) is 38.9 Å². The van der Waals surface area contributed by atoms with Gasteiger partial charge in [-0.15, -0.1) is 5.10 Å². The van der Waals surface area contributed by atoms with Crippen LogP contribution >= 0.6 is 0 Å². The third kappa shape index (κ3) is 2.25. The summed E-state index contributed by atoms with van der Waals surface area (Å²) in [5, 5.41) is 17.3. The molecule has 1 amide bonds. The lowest BCUT2D eigenvalue weighted by molar-refractivity contribution is 0.0498. The minimum absolute atomic E-state index is 0.0316. The van der Waals surface area contributed by atoms with E-state index in [1.165, 1.54) is 12.8 Å². The minimum Gasteiger partial charge on any atom is -0.334 e. The molecule has 4 rings (SSSR count). The summed E-state index contributed by atoms with van der Waals surface area (Å²) in [5.74, 6) is 0.566. The van der Waals surface area contributed by atoms with Crippen molar-refractivity contribution in [1.82, 2.24) is 19.9 Å². The fourth-order valence-corrected chi connectivity index (χ4v) is 2.73. The molecule has 0 atom stereocenters. The van der Waals surface area contributed by atoms with Crippen molar-refractivity contribution in [1.29, 1.82) is 5.26 Å². The Morgan fingerprint density at radius 3 is 2.86 bits per heavy atom. The molecule has 0 bridgehead atoms. The van der Waals surface area contributed by atoms with Gasteiger partial charge in [0, 0.05) is 30.8 Å². The molecule has 6 heteroatoms. The molecule has 1 aromatic carbocycles. The Balaban J connectivity index is 1.41. The van der Waals surface area contributed by atoms with Crippen LogP contribution in [0.1, 0.15) is 46.4 Å². The topological polar surface area (TPSA) is 74.8 Å². The molecule has 2 aliphatic rings. The van der Waals surface area contributed by atoms with E-state index in [1.54, 1.807) is 29.2 Å². The fourth-order valence-electron chi connectivity index (χ4n) is 2.73. The van der Waals surface area contributed by atoms with Crippen molar-refractivity contribution in [2.45, 2.75) is 24.8 Å². The molecule has 1 saturated carbocycles. The Hall–Kier alpha value is -2.68. The average Bonchev–Trinajstić information content (AvgIpc) is 3.25. The summed E-state index contributed by atoms with van der Waals surface area (Å²) in [6, 6.07) is 9.09. The van der Waals surface area contributed by atoms with Crippen molar-refractivity contribution in [3.8, 4) is 6.07 Å². The van der Waals surface area contributed by atoms with E-state index < -0.39 is 0 Å². The van der Waals surface area contributed by atoms with Crippen molar-refractivity contribution in [3.63, 3.8) is 0 Å². The number of likely N-dealkylation sites (tertiary alicyclic amines) is 1. The summed E-state index contributed by atoms with van der Waals surface area (Å²) in [5.41, 5.74) is 2.15. The van der Waals surface area contributed by atoms with E-state index in [1.807, 2.05) is 10.9 Å². The highest BCUT2D eigenvalue weighted by molar-refractivity contribution is 5.95. The van der Waals surface area contributed by atoms with Crippen LogP contribution < -0.4 is 0 Å². The number of amides is 1. The van der Waals surface area contributed by atoms with E-state index in [9.17, 15) is 4.79 Å². The molecule has 0 spiro atoms. The second-order valence-electron chi connectivity index (χ2n) is 5.95. The van der Waals surface area contributed by atoms with E-state index in [0.717, 1.165) is 5.69 Å². The van der Waals surface area contributed by atoms with Crippen LogP contribution in [0.3, 0.4) is 0 Å². The third-order valence-electron chi connectivity index (χ3n) is 4.29. The molecule has 0 unspecified atom stereocenters. The zero-order valence-electron chi connectivity index (χ0n) is 12.0. The van der Waals surface area contributed by atoms with Crippen LogP contribution in [-0.2, 0) is 0 Å². The van der Waals surface area contributed by atoms with Gasteiger partial charge in [-0.25, -0.2) is 4.68 Å². The predicted molar refractivity (Wildman–Crippen MR) is 78.1 cm³/mol. The van der Waals surface area contributed by atoms with Gasteiger partial charge < -0.3 is 4.90 Å². The van der Waals surface area contributed by atoms with Crippen LogP contribution in [0.5, 0.6) is 0 Å². The van der Waals surface area contributed by atoms with Crippen molar-refractivity contribution in [3.05, 3.63) is 47.3 Å². The van der Waals surface area contributed by atoms with Gasteiger partial charge in [-0.2, -0.15) is 5.26 Å². The highest BCUT2D eigenvalue weighted by atomic mass is 16.2. The normalized spacial score (nSPS) is 17.9. The number of aromatic nitrogens is 3. The maximum absolute atomic E-state index is 12.4. The molecular weight excluding hydrogens is 278 g/mol. The first kappa shape index (κ1) is 13.0. The Kier molecular flexibility index (Phi) is 2.93. The smallest absolute Gasteiger partial charge is 0.254 e. The summed E-state index contributed by atoms with van der Waals surface area (Å²) >= 11 is 0. The van der Waals surface area contributed by atoms with E-state index in [-0.39, 0.29) is 11.9 Å². The summed E-state index contributed by atoms with van der Waals surface area (Å²) in [6.45, 7) is 1.28. The van der Waals surface area contributed by atoms with E-state index in [4.69, 9.17) is 5.26 Å². The SMILES string of the molecule is N#Cc1cccc(C(=O)N2CC(n3cc(C4CC4)nn3)C2)c1. The third-order valence-corrected chi connectivity index (χ3v) is 4.29. The Bertz CT molecular complexity index is 765. The summed E-state index contributed by atoms with van der Waals surface area (Å²) < 4.78 is 1.88. The van der Waals surface area contributed by atoms with Crippen molar-refractivity contribution in [2.75, 3.05) is 13.1 Å². The standard InChI is InChI=1S/C16H15N5O/c17-7-11-2-1-3-13(6-11)16(22)20-8-14(9-20)21-10-15(18-19-21)12-4-5-12/h1-3,6,10,12,14H,4-5,8-9H2. The van der Waals surface area contributed by atoms with Gasteiger partial charge in [0.1, 0.15) is 0 Å². The molecule has 6 nitrogen and oxygen atoms in total. The largest absolute Gasteiger partial charge is 0.334 e. The number of nitrogens with zero attached hydrogens (tertiary/aromatic N) is 5. The Morgan fingerprint density at radius 1 is 1.32 bits per heavy atom. The van der Waals surface area contributed by atoms with Crippen LogP contribution in [0, 0.1) is 11.3 Å². The molecule has 1 aliphatic heterocycles. The highest BCUT2D eigenvalue weighted by Crippen LogP contribution is 2.39. The number of rotatable bonds is 3. The molecule has 2 heterocycles. The van der Waals surface area contributed by atoms with Crippen molar-refractivity contribution < 1.29 is 4.79 Å². The zero-order chi connectivity index (χ0) is 15.1. The molecule has 2 fully saturated rings. The monoisotopic (exact) mass is 293 g/mol. The molecule has 2 aromatic rings. The quantitative estimate of drug-likeness (QED) is 0.863. The molecule has 1 aromatic heterocycles. The number of nitriles is 1. The van der Waals surface area contributed by atoms with Crippen LogP contribution in [0.4, 0.5) is 0 Å². The van der Waals surface area contributed by atoms with Gasteiger partial charge in [0.25, 0.3) is 5.91 Å². The average molecular weight is 293 g/mol. The zero-order valence-corrected chi connectivity index (χ0v) is 12.0. The molecule has 110 valence electrons. The first-order valence-electron chi connectivity index (χ1n) is 7.46. The van der Waals surface area contributed by atoms with E-state index >= 15 is 0 Å². The number of benzene rings is 1. The fraction of sp³-hybridized carbons (Fsp3) is 0.375. The van der Waals surface area contributed by atoms with Crippen LogP contribution in [0.15, 0.2) is 30.5 Å². The highest BCUT2D eigenvalue weighted by Gasteiger charge is 2.34. The number of hydrogen-bond donors (Lipinski definition) is 0. The summed E-state index contributed by atoms with van der Waals surface area (Å²) in [4.78, 5) is 14.1. The number of carbonyl (C=O) groups excluding carboxylic acids is 1. The number of hydrogen-bond acceptors (Lipinski definition) is 4. The first-order valence-corrected chi connectivity index (χ1v) is 7.46. The lowest BCUT2D eigenvalue weighted by Gasteiger charge is -2.38. The molecule has 22 heavy (non-hydrogen) atoms. The van der Waals surface area contributed by atoms with Crippen molar-refractivity contribution >= 4 is 5.91 Å². The van der Waals surface area contributed by atoms with Crippen molar-refractivity contribution in [2.24, 2.45) is 0 Å². The number of carbonyl (C=O) groups is 1. The van der Waals surface area contributed by atoms with Gasteiger partial charge in [-0.3, -0.25) is 4.79 Å². The van der Waals surface area contributed by atoms with Gasteiger partial charge in [0.05, 0.1) is 23.4 Å². The first-order chi connectivity index (χ1) is 10.7. The van der Waals surface area contributed by atoms with Gasteiger partial charge in [-0.1, -0.05) is 11.3 Å². The lowest BCUT2D eigenvalue weighted by Crippen LogP contribution is -2.50. The predicted octanol–water partition coefficient (Wildman–Crippen LogP) is 1.72.